The monoisotopic (exact) mass is 373 g/mol. The molecule has 1 fully saturated rings. The standard InChI is InChI=1S/C19H20ClN3O3/c1-13-2-3-14(10-16(13)20)21-19(24)23-8-6-22(7-9-23)15-4-5-17-18(11-15)26-12-25-17/h2-5,10-11H,6-9,12H2,1H3,(H,21,24). The summed E-state index contributed by atoms with van der Waals surface area (Å²) in [4.78, 5) is 16.5. The van der Waals surface area contributed by atoms with Gasteiger partial charge in [0.15, 0.2) is 11.5 Å². The van der Waals surface area contributed by atoms with Gasteiger partial charge < -0.3 is 24.6 Å². The molecule has 7 heteroatoms. The van der Waals surface area contributed by atoms with Gasteiger partial charge in [0, 0.05) is 48.6 Å². The van der Waals surface area contributed by atoms with Gasteiger partial charge in [0.25, 0.3) is 0 Å². The van der Waals surface area contributed by atoms with Crippen LogP contribution in [0.1, 0.15) is 5.56 Å². The molecule has 0 radical (unpaired) electrons. The zero-order valence-electron chi connectivity index (χ0n) is 14.5. The number of carbonyl (C=O) groups is 1. The molecule has 2 aromatic rings. The Kier molecular flexibility index (Phi) is 4.51. The zero-order chi connectivity index (χ0) is 18.1. The van der Waals surface area contributed by atoms with E-state index in [4.69, 9.17) is 21.1 Å². The van der Waals surface area contributed by atoms with E-state index in [1.807, 2.05) is 42.2 Å². The van der Waals surface area contributed by atoms with Crippen molar-refractivity contribution < 1.29 is 14.3 Å². The number of nitrogens with zero attached hydrogens (tertiary/aromatic N) is 2. The smallest absolute Gasteiger partial charge is 0.321 e. The Morgan fingerprint density at radius 1 is 1.04 bits per heavy atom. The van der Waals surface area contributed by atoms with Crippen molar-refractivity contribution in [3.05, 3.63) is 47.0 Å². The first-order valence-corrected chi connectivity index (χ1v) is 8.94. The highest BCUT2D eigenvalue weighted by Crippen LogP contribution is 2.35. The van der Waals surface area contributed by atoms with E-state index in [9.17, 15) is 4.79 Å². The lowest BCUT2D eigenvalue weighted by molar-refractivity contribution is 0.174. The van der Waals surface area contributed by atoms with Crippen molar-refractivity contribution in [1.82, 2.24) is 4.90 Å². The van der Waals surface area contributed by atoms with Crippen LogP contribution in [0.2, 0.25) is 5.02 Å². The summed E-state index contributed by atoms with van der Waals surface area (Å²) < 4.78 is 10.8. The SMILES string of the molecule is Cc1ccc(NC(=O)N2CCN(c3ccc4c(c3)OCO4)CC2)cc1Cl. The van der Waals surface area contributed by atoms with E-state index in [1.165, 1.54) is 0 Å². The van der Waals surface area contributed by atoms with E-state index >= 15 is 0 Å². The fraction of sp³-hybridized carbons (Fsp3) is 0.316. The Balaban J connectivity index is 1.35. The van der Waals surface area contributed by atoms with Gasteiger partial charge in [-0.2, -0.15) is 0 Å². The average molecular weight is 374 g/mol. The molecule has 1 saturated heterocycles. The summed E-state index contributed by atoms with van der Waals surface area (Å²) in [6, 6.07) is 11.4. The van der Waals surface area contributed by atoms with Crippen molar-refractivity contribution in [3.63, 3.8) is 0 Å². The number of rotatable bonds is 2. The van der Waals surface area contributed by atoms with E-state index < -0.39 is 0 Å². The van der Waals surface area contributed by atoms with Gasteiger partial charge in [-0.15, -0.1) is 0 Å². The molecule has 2 aliphatic heterocycles. The minimum Gasteiger partial charge on any atom is -0.454 e. The number of fused-ring (bicyclic) bond motifs is 1. The molecule has 6 nitrogen and oxygen atoms in total. The molecule has 0 aliphatic carbocycles. The molecule has 2 heterocycles. The van der Waals surface area contributed by atoms with Crippen LogP contribution in [0, 0.1) is 6.92 Å². The molecule has 1 N–H and O–H groups in total. The number of anilines is 2. The molecule has 2 aromatic carbocycles. The molecule has 0 saturated carbocycles. The first-order valence-electron chi connectivity index (χ1n) is 8.57. The van der Waals surface area contributed by atoms with Crippen LogP contribution >= 0.6 is 11.6 Å². The van der Waals surface area contributed by atoms with Gasteiger partial charge in [-0.25, -0.2) is 4.79 Å². The van der Waals surface area contributed by atoms with Crippen LogP contribution in [0.3, 0.4) is 0 Å². The first kappa shape index (κ1) is 16.8. The number of ether oxygens (including phenoxy) is 2. The number of carbonyl (C=O) groups excluding carboxylic acids is 1. The second-order valence-electron chi connectivity index (χ2n) is 6.41. The number of halogens is 1. The highest BCUT2D eigenvalue weighted by Gasteiger charge is 2.23. The molecule has 2 amide bonds. The van der Waals surface area contributed by atoms with Crippen LogP contribution in [-0.2, 0) is 0 Å². The van der Waals surface area contributed by atoms with Crippen LogP contribution < -0.4 is 19.7 Å². The highest BCUT2D eigenvalue weighted by molar-refractivity contribution is 6.31. The fourth-order valence-corrected chi connectivity index (χ4v) is 3.30. The van der Waals surface area contributed by atoms with Gasteiger partial charge in [-0.1, -0.05) is 17.7 Å². The van der Waals surface area contributed by atoms with Crippen molar-refractivity contribution >= 4 is 29.0 Å². The molecule has 0 unspecified atom stereocenters. The Morgan fingerprint density at radius 2 is 1.81 bits per heavy atom. The normalized spacial score (nSPS) is 15.9. The predicted molar refractivity (Wildman–Crippen MR) is 102 cm³/mol. The summed E-state index contributed by atoms with van der Waals surface area (Å²) >= 11 is 6.12. The van der Waals surface area contributed by atoms with Gasteiger partial charge >= 0.3 is 6.03 Å². The third-order valence-corrected chi connectivity index (χ3v) is 5.12. The van der Waals surface area contributed by atoms with Gasteiger partial charge in [0.05, 0.1) is 0 Å². The Labute approximate surface area is 157 Å². The molecule has 0 spiro atoms. The van der Waals surface area contributed by atoms with Gasteiger partial charge in [0.2, 0.25) is 6.79 Å². The molecule has 136 valence electrons. The summed E-state index contributed by atoms with van der Waals surface area (Å²) in [6.45, 7) is 5.04. The predicted octanol–water partition coefficient (Wildman–Crippen LogP) is 3.73. The van der Waals surface area contributed by atoms with Crippen LogP contribution in [0.15, 0.2) is 36.4 Å². The molecule has 0 aromatic heterocycles. The van der Waals surface area contributed by atoms with Crippen LogP contribution in [0.25, 0.3) is 0 Å². The average Bonchev–Trinajstić information content (AvgIpc) is 3.12. The van der Waals surface area contributed by atoms with Gasteiger partial charge in [0.1, 0.15) is 0 Å². The largest absolute Gasteiger partial charge is 0.454 e. The van der Waals surface area contributed by atoms with Gasteiger partial charge in [-0.3, -0.25) is 0 Å². The van der Waals surface area contributed by atoms with Crippen molar-refractivity contribution in [2.75, 3.05) is 43.2 Å². The van der Waals surface area contributed by atoms with E-state index in [0.29, 0.717) is 23.8 Å². The number of aryl methyl sites for hydroxylation is 1. The van der Waals surface area contributed by atoms with Crippen LogP contribution in [0.4, 0.5) is 16.2 Å². The second-order valence-corrected chi connectivity index (χ2v) is 6.81. The summed E-state index contributed by atoms with van der Waals surface area (Å²) in [6.07, 6.45) is 0. The third-order valence-electron chi connectivity index (χ3n) is 4.71. The summed E-state index contributed by atoms with van der Waals surface area (Å²) in [5.74, 6) is 1.56. The third kappa shape index (κ3) is 3.37. The lowest BCUT2D eigenvalue weighted by Gasteiger charge is -2.36. The molecule has 2 aliphatic rings. The summed E-state index contributed by atoms with van der Waals surface area (Å²) in [7, 11) is 0. The molecular weight excluding hydrogens is 354 g/mol. The Hall–Kier alpha value is -2.60. The molecular formula is C19H20ClN3O3. The second kappa shape index (κ2) is 6.96. The molecule has 0 atom stereocenters. The number of urea groups is 1. The van der Waals surface area contributed by atoms with E-state index in [2.05, 4.69) is 10.2 Å². The lowest BCUT2D eigenvalue weighted by atomic mass is 10.2. The topological polar surface area (TPSA) is 54.0 Å². The number of benzene rings is 2. The maximum atomic E-state index is 12.5. The Bertz CT molecular complexity index is 835. The minimum atomic E-state index is -0.102. The number of nitrogens with one attached hydrogen (secondary N) is 1. The molecule has 26 heavy (non-hydrogen) atoms. The van der Waals surface area contributed by atoms with Crippen molar-refractivity contribution in [1.29, 1.82) is 0 Å². The number of piperazine rings is 1. The van der Waals surface area contributed by atoms with E-state index in [-0.39, 0.29) is 12.8 Å². The van der Waals surface area contributed by atoms with Crippen molar-refractivity contribution in [3.8, 4) is 11.5 Å². The Morgan fingerprint density at radius 3 is 2.58 bits per heavy atom. The molecule has 0 bridgehead atoms. The summed E-state index contributed by atoms with van der Waals surface area (Å²) in [5.41, 5.74) is 2.78. The van der Waals surface area contributed by atoms with Crippen LogP contribution in [-0.4, -0.2) is 43.9 Å². The van der Waals surface area contributed by atoms with E-state index in [0.717, 1.165) is 35.8 Å². The number of hydrogen-bond acceptors (Lipinski definition) is 4. The number of amides is 2. The number of hydrogen-bond donors (Lipinski definition) is 1. The van der Waals surface area contributed by atoms with Crippen molar-refractivity contribution in [2.24, 2.45) is 0 Å². The van der Waals surface area contributed by atoms with Gasteiger partial charge in [-0.05, 0) is 36.8 Å². The maximum absolute atomic E-state index is 12.5. The first-order chi connectivity index (χ1) is 12.6. The van der Waals surface area contributed by atoms with E-state index in [1.54, 1.807) is 6.07 Å². The summed E-state index contributed by atoms with van der Waals surface area (Å²) in [5, 5.41) is 3.56. The minimum absolute atomic E-state index is 0.102. The lowest BCUT2D eigenvalue weighted by Crippen LogP contribution is -2.50. The zero-order valence-corrected chi connectivity index (χ0v) is 15.3. The van der Waals surface area contributed by atoms with Crippen molar-refractivity contribution in [2.45, 2.75) is 6.92 Å². The highest BCUT2D eigenvalue weighted by atomic mass is 35.5. The maximum Gasteiger partial charge on any atom is 0.321 e. The van der Waals surface area contributed by atoms with Crippen LogP contribution in [0.5, 0.6) is 11.5 Å². The quantitative estimate of drug-likeness (QED) is 0.871. The molecule has 4 rings (SSSR count). The fourth-order valence-electron chi connectivity index (χ4n) is 3.12.